The van der Waals surface area contributed by atoms with Crippen molar-refractivity contribution >= 4 is 23.6 Å². The van der Waals surface area contributed by atoms with Crippen LogP contribution in [0.4, 0.5) is 0 Å². The van der Waals surface area contributed by atoms with E-state index in [0.29, 0.717) is 18.4 Å². The van der Waals surface area contributed by atoms with Crippen LogP contribution >= 0.6 is 11.8 Å². The predicted octanol–water partition coefficient (Wildman–Crippen LogP) is 3.02. The molecule has 0 atom stereocenters. The molecule has 0 saturated carbocycles. The van der Waals surface area contributed by atoms with Crippen LogP contribution in [0.3, 0.4) is 0 Å². The predicted molar refractivity (Wildman–Crippen MR) is 82.5 cm³/mol. The second kappa shape index (κ2) is 7.13. The van der Waals surface area contributed by atoms with Gasteiger partial charge in [-0.3, -0.25) is 4.79 Å². The number of rotatable bonds is 4. The van der Waals surface area contributed by atoms with Gasteiger partial charge in [0.25, 0.3) is 0 Å². The number of amides is 1. The van der Waals surface area contributed by atoms with Crippen LogP contribution in [0.5, 0.6) is 0 Å². The molecule has 1 aromatic rings. The number of benzene rings is 1. The summed E-state index contributed by atoms with van der Waals surface area (Å²) in [6.45, 7) is 1.48. The van der Waals surface area contributed by atoms with Crippen molar-refractivity contribution in [2.45, 2.75) is 24.7 Å². The molecular weight excluding hydrogens is 286 g/mol. The Bertz CT molecular complexity index is 605. The number of carbonyl (C=O) groups excluding carboxylic acids is 2. The number of allylic oxidation sites excluding steroid dienone is 2. The first-order valence-electron chi connectivity index (χ1n) is 6.60. The molecule has 110 valence electrons. The van der Waals surface area contributed by atoms with Gasteiger partial charge in [0.1, 0.15) is 0 Å². The number of esters is 1. The lowest BCUT2D eigenvalue weighted by atomic mass is 10.0. The maximum Gasteiger partial charge on any atom is 0.333 e. The van der Waals surface area contributed by atoms with Gasteiger partial charge >= 0.3 is 5.97 Å². The van der Waals surface area contributed by atoms with Crippen molar-refractivity contribution in [1.82, 2.24) is 5.32 Å². The first kappa shape index (κ1) is 15.4. The number of hydrogen-bond acceptors (Lipinski definition) is 4. The SMILES string of the molecule is COC(=O)C1=CCC(NC(C)=O)=C(Sc2ccccc2)C1. The van der Waals surface area contributed by atoms with Gasteiger partial charge in [-0.2, -0.15) is 0 Å². The van der Waals surface area contributed by atoms with Crippen LogP contribution in [0.25, 0.3) is 0 Å². The minimum atomic E-state index is -0.317. The molecule has 0 aliphatic heterocycles. The van der Waals surface area contributed by atoms with Gasteiger partial charge in [0.05, 0.1) is 7.11 Å². The highest BCUT2D eigenvalue weighted by molar-refractivity contribution is 8.03. The van der Waals surface area contributed by atoms with Crippen LogP contribution in [0.2, 0.25) is 0 Å². The summed E-state index contributed by atoms with van der Waals surface area (Å²) < 4.78 is 4.78. The maximum absolute atomic E-state index is 11.7. The third-order valence-corrected chi connectivity index (χ3v) is 4.14. The summed E-state index contributed by atoms with van der Waals surface area (Å²) in [6, 6.07) is 9.87. The molecule has 2 rings (SSSR count). The molecule has 4 nitrogen and oxygen atoms in total. The third kappa shape index (κ3) is 4.23. The number of nitrogens with one attached hydrogen (secondary N) is 1. The Morgan fingerprint density at radius 2 is 1.95 bits per heavy atom. The number of ether oxygens (including phenoxy) is 1. The third-order valence-electron chi connectivity index (χ3n) is 3.00. The summed E-state index contributed by atoms with van der Waals surface area (Å²) in [5.74, 6) is -0.422. The summed E-state index contributed by atoms with van der Waals surface area (Å²) in [7, 11) is 1.38. The summed E-state index contributed by atoms with van der Waals surface area (Å²) >= 11 is 1.56. The van der Waals surface area contributed by atoms with Gasteiger partial charge in [0.2, 0.25) is 5.91 Å². The second-order valence-electron chi connectivity index (χ2n) is 4.60. The fraction of sp³-hybridized carbons (Fsp3) is 0.250. The highest BCUT2D eigenvalue weighted by Crippen LogP contribution is 2.36. The summed E-state index contributed by atoms with van der Waals surface area (Å²) in [4.78, 5) is 25.0. The number of carbonyl (C=O) groups is 2. The van der Waals surface area contributed by atoms with E-state index in [1.54, 1.807) is 11.8 Å². The van der Waals surface area contributed by atoms with Crippen molar-refractivity contribution in [2.75, 3.05) is 7.11 Å². The smallest absolute Gasteiger partial charge is 0.333 e. The molecule has 0 spiro atoms. The van der Waals surface area contributed by atoms with E-state index in [0.717, 1.165) is 15.5 Å². The van der Waals surface area contributed by atoms with E-state index < -0.39 is 0 Å². The van der Waals surface area contributed by atoms with Crippen molar-refractivity contribution in [3.63, 3.8) is 0 Å². The van der Waals surface area contributed by atoms with Crippen molar-refractivity contribution in [2.24, 2.45) is 0 Å². The normalized spacial score (nSPS) is 14.5. The molecule has 0 unspecified atom stereocenters. The van der Waals surface area contributed by atoms with Gasteiger partial charge in [-0.25, -0.2) is 4.79 Å². The zero-order chi connectivity index (χ0) is 15.2. The Hall–Kier alpha value is -2.01. The van der Waals surface area contributed by atoms with E-state index in [1.807, 2.05) is 36.4 Å². The average Bonchev–Trinajstić information content (AvgIpc) is 2.49. The first-order chi connectivity index (χ1) is 10.1. The first-order valence-corrected chi connectivity index (χ1v) is 7.41. The quantitative estimate of drug-likeness (QED) is 0.869. The molecule has 5 heteroatoms. The summed E-state index contributed by atoms with van der Waals surface area (Å²) in [6.07, 6.45) is 2.81. The van der Waals surface area contributed by atoms with Gasteiger partial charge in [-0.1, -0.05) is 36.0 Å². The lowest BCUT2D eigenvalue weighted by molar-refractivity contribution is -0.136. The number of thioether (sulfide) groups is 1. The van der Waals surface area contributed by atoms with E-state index in [4.69, 9.17) is 4.74 Å². The molecule has 0 radical (unpaired) electrons. The Balaban J connectivity index is 2.22. The zero-order valence-electron chi connectivity index (χ0n) is 12.0. The van der Waals surface area contributed by atoms with Crippen LogP contribution in [-0.2, 0) is 14.3 Å². The maximum atomic E-state index is 11.7. The molecule has 0 fully saturated rings. The topological polar surface area (TPSA) is 55.4 Å². The average molecular weight is 303 g/mol. The van der Waals surface area contributed by atoms with Gasteiger partial charge in [0.15, 0.2) is 0 Å². The molecule has 0 heterocycles. The summed E-state index contributed by atoms with van der Waals surface area (Å²) in [5, 5.41) is 2.85. The van der Waals surface area contributed by atoms with Crippen LogP contribution in [0, 0.1) is 0 Å². The molecule has 1 amide bonds. The number of hydrogen-bond donors (Lipinski definition) is 1. The highest BCUT2D eigenvalue weighted by Gasteiger charge is 2.21. The minimum absolute atomic E-state index is 0.105. The standard InChI is InChI=1S/C16H17NO3S/c1-11(18)17-14-9-8-12(16(19)20-2)10-15(14)21-13-6-4-3-5-7-13/h3-8H,9-10H2,1-2H3,(H,17,18). The Morgan fingerprint density at radius 1 is 1.24 bits per heavy atom. The van der Waals surface area contributed by atoms with E-state index in [-0.39, 0.29) is 11.9 Å². The van der Waals surface area contributed by atoms with E-state index in [1.165, 1.54) is 14.0 Å². The number of methoxy groups -OCH3 is 1. The van der Waals surface area contributed by atoms with Crippen molar-refractivity contribution in [3.05, 3.63) is 52.6 Å². The van der Waals surface area contributed by atoms with Gasteiger partial charge in [-0.05, 0) is 12.1 Å². The molecule has 0 saturated heterocycles. The van der Waals surface area contributed by atoms with E-state index in [2.05, 4.69) is 5.32 Å². The molecular formula is C16H17NO3S. The zero-order valence-corrected chi connectivity index (χ0v) is 12.8. The van der Waals surface area contributed by atoms with Crippen LogP contribution in [-0.4, -0.2) is 19.0 Å². The Kier molecular flexibility index (Phi) is 5.22. The highest BCUT2D eigenvalue weighted by atomic mass is 32.2. The Labute approximate surface area is 128 Å². The fourth-order valence-corrected chi connectivity index (χ4v) is 3.10. The van der Waals surface area contributed by atoms with E-state index >= 15 is 0 Å². The van der Waals surface area contributed by atoms with Gasteiger partial charge < -0.3 is 10.1 Å². The minimum Gasteiger partial charge on any atom is -0.466 e. The molecule has 0 aromatic heterocycles. The van der Waals surface area contributed by atoms with E-state index in [9.17, 15) is 9.59 Å². The van der Waals surface area contributed by atoms with Crippen molar-refractivity contribution in [1.29, 1.82) is 0 Å². The van der Waals surface area contributed by atoms with Crippen molar-refractivity contribution < 1.29 is 14.3 Å². The lowest BCUT2D eigenvalue weighted by Crippen LogP contribution is -2.22. The van der Waals surface area contributed by atoms with Crippen LogP contribution < -0.4 is 5.32 Å². The Morgan fingerprint density at radius 3 is 2.57 bits per heavy atom. The van der Waals surface area contributed by atoms with Gasteiger partial charge in [-0.15, -0.1) is 0 Å². The second-order valence-corrected chi connectivity index (χ2v) is 5.77. The largest absolute Gasteiger partial charge is 0.466 e. The summed E-state index contributed by atoms with van der Waals surface area (Å²) in [5.41, 5.74) is 1.48. The monoisotopic (exact) mass is 303 g/mol. The lowest BCUT2D eigenvalue weighted by Gasteiger charge is -2.20. The van der Waals surface area contributed by atoms with Crippen LogP contribution in [0.15, 0.2) is 57.5 Å². The fourth-order valence-electron chi connectivity index (χ4n) is 2.04. The van der Waals surface area contributed by atoms with Crippen molar-refractivity contribution in [3.8, 4) is 0 Å². The van der Waals surface area contributed by atoms with Gasteiger partial charge in [0, 0.05) is 40.8 Å². The molecule has 1 N–H and O–H groups in total. The molecule has 1 aromatic carbocycles. The van der Waals surface area contributed by atoms with Crippen LogP contribution in [0.1, 0.15) is 19.8 Å². The molecule has 21 heavy (non-hydrogen) atoms. The molecule has 1 aliphatic rings. The molecule has 1 aliphatic carbocycles. The molecule has 0 bridgehead atoms.